The number of ether oxygens (including phenoxy) is 1. The Labute approximate surface area is 156 Å². The van der Waals surface area contributed by atoms with E-state index in [4.69, 9.17) is 4.74 Å². The molecule has 0 radical (unpaired) electrons. The minimum atomic E-state index is -0.217. The molecule has 144 valence electrons. The highest BCUT2D eigenvalue weighted by Crippen LogP contribution is 2.38. The summed E-state index contributed by atoms with van der Waals surface area (Å²) in [7, 11) is 0. The van der Waals surface area contributed by atoms with E-state index in [0.29, 0.717) is 18.9 Å². The summed E-state index contributed by atoms with van der Waals surface area (Å²) in [5.41, 5.74) is 1.10. The lowest BCUT2D eigenvalue weighted by Crippen LogP contribution is -2.41. The zero-order chi connectivity index (χ0) is 18.2. The van der Waals surface area contributed by atoms with E-state index < -0.39 is 0 Å². The van der Waals surface area contributed by atoms with Gasteiger partial charge in [0.05, 0.1) is 13.2 Å². The topological polar surface area (TPSA) is 41.6 Å². The van der Waals surface area contributed by atoms with Gasteiger partial charge in [0, 0.05) is 32.6 Å². The molecule has 2 aliphatic rings. The first-order valence-corrected chi connectivity index (χ1v) is 10.0. The van der Waals surface area contributed by atoms with E-state index in [1.165, 1.54) is 44.2 Å². The van der Waals surface area contributed by atoms with Gasteiger partial charge in [0.25, 0.3) is 0 Å². The maximum Gasteiger partial charge on any atom is 0.220 e. The molecule has 1 aromatic rings. The first kappa shape index (κ1) is 19.3. The Bertz CT molecular complexity index is 552. The first-order valence-electron chi connectivity index (χ1n) is 10.0. The van der Waals surface area contributed by atoms with Gasteiger partial charge in [-0.25, -0.2) is 4.39 Å². The van der Waals surface area contributed by atoms with Crippen molar-refractivity contribution in [3.8, 4) is 0 Å². The van der Waals surface area contributed by atoms with Crippen molar-refractivity contribution >= 4 is 5.91 Å². The van der Waals surface area contributed by atoms with Crippen LogP contribution >= 0.6 is 0 Å². The Morgan fingerprint density at radius 3 is 2.54 bits per heavy atom. The van der Waals surface area contributed by atoms with Gasteiger partial charge in [-0.1, -0.05) is 31.4 Å². The molecule has 0 bridgehead atoms. The summed E-state index contributed by atoms with van der Waals surface area (Å²) in [4.78, 5) is 14.9. The summed E-state index contributed by atoms with van der Waals surface area (Å²) < 4.78 is 18.7. The SMILES string of the molecule is O=C(CC(c1ccc(F)cc1)C1CCCCC1)NCCN1CCOCC1. The highest BCUT2D eigenvalue weighted by atomic mass is 19.1. The fourth-order valence-electron chi connectivity index (χ4n) is 4.25. The number of nitrogens with one attached hydrogen (secondary N) is 1. The molecule has 4 nitrogen and oxygen atoms in total. The molecule has 1 N–H and O–H groups in total. The van der Waals surface area contributed by atoms with Crippen molar-refractivity contribution in [3.63, 3.8) is 0 Å². The van der Waals surface area contributed by atoms with E-state index in [1.54, 1.807) is 0 Å². The van der Waals surface area contributed by atoms with Crippen molar-refractivity contribution < 1.29 is 13.9 Å². The number of carbonyl (C=O) groups is 1. The van der Waals surface area contributed by atoms with Crippen molar-refractivity contribution in [2.24, 2.45) is 5.92 Å². The van der Waals surface area contributed by atoms with Crippen molar-refractivity contribution in [3.05, 3.63) is 35.6 Å². The monoisotopic (exact) mass is 362 g/mol. The summed E-state index contributed by atoms with van der Waals surface area (Å²) in [6, 6.07) is 6.74. The number of morpholine rings is 1. The van der Waals surface area contributed by atoms with Gasteiger partial charge >= 0.3 is 0 Å². The van der Waals surface area contributed by atoms with Crippen LogP contribution < -0.4 is 5.32 Å². The summed E-state index contributed by atoms with van der Waals surface area (Å²) in [5.74, 6) is 0.614. The molecule has 1 aromatic carbocycles. The Morgan fingerprint density at radius 2 is 1.85 bits per heavy atom. The molecule has 3 rings (SSSR count). The average Bonchev–Trinajstić information content (AvgIpc) is 2.68. The van der Waals surface area contributed by atoms with Gasteiger partial charge in [-0.2, -0.15) is 0 Å². The Hall–Kier alpha value is -1.46. The number of halogens is 1. The van der Waals surface area contributed by atoms with Crippen LogP contribution in [0.25, 0.3) is 0 Å². The highest BCUT2D eigenvalue weighted by molar-refractivity contribution is 5.76. The van der Waals surface area contributed by atoms with E-state index in [1.807, 2.05) is 12.1 Å². The van der Waals surface area contributed by atoms with Crippen LogP contribution in [-0.4, -0.2) is 50.2 Å². The molecule has 1 saturated carbocycles. The minimum Gasteiger partial charge on any atom is -0.379 e. The highest BCUT2D eigenvalue weighted by Gasteiger charge is 2.27. The van der Waals surface area contributed by atoms with Crippen molar-refractivity contribution in [2.75, 3.05) is 39.4 Å². The number of carbonyl (C=O) groups excluding carboxylic acids is 1. The predicted molar refractivity (Wildman–Crippen MR) is 101 cm³/mol. The van der Waals surface area contributed by atoms with Crippen LogP contribution in [0.1, 0.15) is 50.0 Å². The van der Waals surface area contributed by atoms with E-state index in [-0.39, 0.29) is 17.6 Å². The average molecular weight is 362 g/mol. The number of nitrogens with zero attached hydrogens (tertiary/aromatic N) is 1. The second-order valence-electron chi connectivity index (χ2n) is 7.56. The van der Waals surface area contributed by atoms with Crippen molar-refractivity contribution in [2.45, 2.75) is 44.4 Å². The molecular formula is C21H31FN2O2. The third-order valence-corrected chi connectivity index (χ3v) is 5.78. The largest absolute Gasteiger partial charge is 0.379 e. The molecular weight excluding hydrogens is 331 g/mol. The van der Waals surface area contributed by atoms with Crippen molar-refractivity contribution in [1.82, 2.24) is 10.2 Å². The molecule has 26 heavy (non-hydrogen) atoms. The van der Waals surface area contributed by atoms with Crippen LogP contribution in [0.4, 0.5) is 4.39 Å². The van der Waals surface area contributed by atoms with Gasteiger partial charge in [-0.05, 0) is 42.4 Å². The van der Waals surface area contributed by atoms with Crippen LogP contribution in [0.2, 0.25) is 0 Å². The summed E-state index contributed by atoms with van der Waals surface area (Å²) in [5, 5.41) is 3.09. The maximum atomic E-state index is 13.3. The van der Waals surface area contributed by atoms with Crippen LogP contribution in [0.3, 0.4) is 0 Å². The lowest BCUT2D eigenvalue weighted by atomic mass is 9.75. The number of amides is 1. The fourth-order valence-corrected chi connectivity index (χ4v) is 4.25. The number of benzene rings is 1. The quantitative estimate of drug-likeness (QED) is 0.809. The molecule has 1 unspecified atom stereocenters. The van der Waals surface area contributed by atoms with Gasteiger partial charge in [0.2, 0.25) is 5.91 Å². The van der Waals surface area contributed by atoms with Crippen LogP contribution in [-0.2, 0) is 9.53 Å². The van der Waals surface area contributed by atoms with Crippen molar-refractivity contribution in [1.29, 1.82) is 0 Å². The molecule has 0 aromatic heterocycles. The second kappa shape index (κ2) is 10.0. The first-order chi connectivity index (χ1) is 12.7. The number of hydrogen-bond donors (Lipinski definition) is 1. The van der Waals surface area contributed by atoms with Crippen LogP contribution in [0.15, 0.2) is 24.3 Å². The lowest BCUT2D eigenvalue weighted by molar-refractivity contribution is -0.121. The number of rotatable bonds is 7. The smallest absolute Gasteiger partial charge is 0.220 e. The van der Waals surface area contributed by atoms with Crippen LogP contribution in [0, 0.1) is 11.7 Å². The molecule has 1 aliphatic carbocycles. The zero-order valence-corrected chi connectivity index (χ0v) is 15.6. The predicted octanol–water partition coefficient (Wildman–Crippen LogP) is 3.33. The molecule has 1 aliphatic heterocycles. The van der Waals surface area contributed by atoms with E-state index in [0.717, 1.165) is 38.4 Å². The third-order valence-electron chi connectivity index (χ3n) is 5.78. The van der Waals surface area contributed by atoms with E-state index in [2.05, 4.69) is 10.2 Å². The van der Waals surface area contributed by atoms with Gasteiger partial charge in [0.1, 0.15) is 5.82 Å². The molecule has 0 spiro atoms. The normalized spacial score (nSPS) is 20.7. The molecule has 2 fully saturated rings. The maximum absolute atomic E-state index is 13.3. The fraction of sp³-hybridized carbons (Fsp3) is 0.667. The van der Waals surface area contributed by atoms with Gasteiger partial charge < -0.3 is 10.1 Å². The molecule has 1 amide bonds. The van der Waals surface area contributed by atoms with Gasteiger partial charge in [-0.15, -0.1) is 0 Å². The summed E-state index contributed by atoms with van der Waals surface area (Å²) in [6.07, 6.45) is 6.60. The summed E-state index contributed by atoms with van der Waals surface area (Å²) >= 11 is 0. The van der Waals surface area contributed by atoms with Gasteiger partial charge in [-0.3, -0.25) is 9.69 Å². The van der Waals surface area contributed by atoms with E-state index in [9.17, 15) is 9.18 Å². The molecule has 1 atom stereocenters. The second-order valence-corrected chi connectivity index (χ2v) is 7.56. The third kappa shape index (κ3) is 5.78. The number of hydrogen-bond acceptors (Lipinski definition) is 3. The lowest BCUT2D eigenvalue weighted by Gasteiger charge is -2.30. The van der Waals surface area contributed by atoms with E-state index >= 15 is 0 Å². The Balaban J connectivity index is 1.53. The van der Waals surface area contributed by atoms with Crippen LogP contribution in [0.5, 0.6) is 0 Å². The molecule has 1 saturated heterocycles. The van der Waals surface area contributed by atoms with Gasteiger partial charge in [0.15, 0.2) is 0 Å². The molecule has 1 heterocycles. The summed E-state index contributed by atoms with van der Waals surface area (Å²) in [6.45, 7) is 5.00. The standard InChI is InChI=1S/C21H31FN2O2/c22-19-8-6-18(7-9-19)20(17-4-2-1-3-5-17)16-21(25)23-10-11-24-12-14-26-15-13-24/h6-9,17,20H,1-5,10-16H2,(H,23,25). The molecule has 5 heteroatoms. The minimum absolute atomic E-state index is 0.109. The Kier molecular flexibility index (Phi) is 7.44. The zero-order valence-electron chi connectivity index (χ0n) is 15.6. The Morgan fingerprint density at radius 1 is 1.15 bits per heavy atom.